The van der Waals surface area contributed by atoms with Crippen LogP contribution in [-0.2, 0) is 18.4 Å². The first-order valence-corrected chi connectivity index (χ1v) is 10.6. The van der Waals surface area contributed by atoms with E-state index in [1.54, 1.807) is 11.8 Å². The van der Waals surface area contributed by atoms with Crippen LogP contribution in [0.5, 0.6) is 0 Å². The minimum Gasteiger partial charge on any atom is -0.339 e. The van der Waals surface area contributed by atoms with E-state index in [0.29, 0.717) is 18.8 Å². The molecule has 0 aliphatic heterocycles. The second kappa shape index (κ2) is 9.53. The molecule has 33 heavy (non-hydrogen) atoms. The molecule has 11 heteroatoms. The van der Waals surface area contributed by atoms with Gasteiger partial charge in [-0.1, -0.05) is 11.6 Å². The van der Waals surface area contributed by atoms with Gasteiger partial charge in [0.2, 0.25) is 5.91 Å². The van der Waals surface area contributed by atoms with Crippen molar-refractivity contribution in [3.8, 4) is 0 Å². The SMILES string of the molecule is CCN(CC)C(=O)c1cc(C)nc2c1c(=O)n(CC(=O)Nc1ccc(F)c(Cl)c1)c(=O)n2C. The number of hydrogen-bond acceptors (Lipinski definition) is 5. The topological polar surface area (TPSA) is 106 Å². The van der Waals surface area contributed by atoms with Crippen molar-refractivity contribution in [3.05, 3.63) is 67.2 Å². The highest BCUT2D eigenvalue weighted by molar-refractivity contribution is 6.31. The fourth-order valence-electron chi connectivity index (χ4n) is 3.51. The highest BCUT2D eigenvalue weighted by Gasteiger charge is 2.23. The summed E-state index contributed by atoms with van der Waals surface area (Å²) < 4.78 is 15.2. The molecule has 0 aliphatic carbocycles. The van der Waals surface area contributed by atoms with E-state index in [1.165, 1.54) is 25.2 Å². The minimum atomic E-state index is -0.802. The molecule has 3 rings (SSSR count). The van der Waals surface area contributed by atoms with Gasteiger partial charge in [-0.2, -0.15) is 0 Å². The molecule has 0 atom stereocenters. The second-order valence-electron chi connectivity index (χ2n) is 7.40. The summed E-state index contributed by atoms with van der Waals surface area (Å²) in [6.07, 6.45) is 0. The van der Waals surface area contributed by atoms with Crippen molar-refractivity contribution in [2.75, 3.05) is 18.4 Å². The van der Waals surface area contributed by atoms with Gasteiger partial charge in [0.25, 0.3) is 11.5 Å². The van der Waals surface area contributed by atoms with Gasteiger partial charge in [0.05, 0.1) is 16.0 Å². The molecule has 2 heterocycles. The van der Waals surface area contributed by atoms with Crippen LogP contribution in [0.15, 0.2) is 33.9 Å². The number of pyridine rings is 1. The van der Waals surface area contributed by atoms with E-state index in [9.17, 15) is 23.6 Å². The van der Waals surface area contributed by atoms with E-state index >= 15 is 0 Å². The fourth-order valence-corrected chi connectivity index (χ4v) is 3.69. The molecule has 1 aromatic carbocycles. The van der Waals surface area contributed by atoms with Crippen LogP contribution in [-0.4, -0.2) is 43.9 Å². The summed E-state index contributed by atoms with van der Waals surface area (Å²) in [6, 6.07) is 5.09. The third-order valence-corrected chi connectivity index (χ3v) is 5.50. The molecular weight excluding hydrogens is 453 g/mol. The van der Waals surface area contributed by atoms with Crippen molar-refractivity contribution in [1.82, 2.24) is 19.0 Å². The van der Waals surface area contributed by atoms with Gasteiger partial charge in [0.1, 0.15) is 18.0 Å². The van der Waals surface area contributed by atoms with Crippen molar-refractivity contribution in [2.45, 2.75) is 27.3 Å². The Kier molecular flexibility index (Phi) is 6.97. The van der Waals surface area contributed by atoms with E-state index in [0.717, 1.165) is 15.2 Å². The monoisotopic (exact) mass is 475 g/mol. The van der Waals surface area contributed by atoms with Crippen LogP contribution < -0.4 is 16.6 Å². The van der Waals surface area contributed by atoms with Crippen molar-refractivity contribution < 1.29 is 14.0 Å². The molecule has 0 bridgehead atoms. The molecule has 0 radical (unpaired) electrons. The number of amides is 2. The van der Waals surface area contributed by atoms with Crippen LogP contribution >= 0.6 is 11.6 Å². The maximum absolute atomic E-state index is 13.4. The van der Waals surface area contributed by atoms with E-state index in [-0.39, 0.29) is 33.2 Å². The molecule has 3 aromatic rings. The molecule has 1 N–H and O–H groups in total. The third-order valence-electron chi connectivity index (χ3n) is 5.21. The Balaban J connectivity index is 2.12. The highest BCUT2D eigenvalue weighted by atomic mass is 35.5. The van der Waals surface area contributed by atoms with Gasteiger partial charge < -0.3 is 10.2 Å². The maximum atomic E-state index is 13.4. The standard InChI is InChI=1S/C22H23ClFN5O4/c1-5-28(6-2)20(31)14-9-12(3)25-19-18(14)21(32)29(22(33)27(19)4)11-17(30)26-13-7-8-16(24)15(23)10-13/h7-10H,5-6,11H2,1-4H3,(H,26,30). The first-order valence-electron chi connectivity index (χ1n) is 10.2. The lowest BCUT2D eigenvalue weighted by Crippen LogP contribution is -2.43. The molecule has 0 aliphatic rings. The molecule has 174 valence electrons. The van der Waals surface area contributed by atoms with Crippen LogP contribution in [0.4, 0.5) is 10.1 Å². The number of anilines is 1. The summed E-state index contributed by atoms with van der Waals surface area (Å²) in [5, 5.41) is 2.24. The Morgan fingerprint density at radius 2 is 1.85 bits per heavy atom. The molecule has 0 fully saturated rings. The van der Waals surface area contributed by atoms with E-state index in [1.807, 2.05) is 13.8 Å². The third kappa shape index (κ3) is 4.65. The van der Waals surface area contributed by atoms with E-state index < -0.39 is 29.5 Å². The average Bonchev–Trinajstić information content (AvgIpc) is 2.77. The fraction of sp³-hybridized carbons (Fsp3) is 0.318. The van der Waals surface area contributed by atoms with Crippen LogP contribution in [0.2, 0.25) is 5.02 Å². The number of rotatable bonds is 6. The van der Waals surface area contributed by atoms with Crippen molar-refractivity contribution in [3.63, 3.8) is 0 Å². The van der Waals surface area contributed by atoms with Crippen molar-refractivity contribution >= 4 is 40.1 Å². The van der Waals surface area contributed by atoms with Crippen molar-refractivity contribution in [1.29, 1.82) is 0 Å². The number of benzene rings is 1. The number of nitrogens with one attached hydrogen (secondary N) is 1. The van der Waals surface area contributed by atoms with Gasteiger partial charge >= 0.3 is 5.69 Å². The minimum absolute atomic E-state index is 0.0442. The predicted octanol–water partition coefficient (Wildman–Crippen LogP) is 2.32. The Bertz CT molecular complexity index is 1380. The number of fused-ring (bicyclic) bond motifs is 1. The van der Waals surface area contributed by atoms with E-state index in [4.69, 9.17) is 11.6 Å². The number of aryl methyl sites for hydroxylation is 2. The van der Waals surface area contributed by atoms with Gasteiger partial charge in [0.15, 0.2) is 0 Å². The number of nitrogens with zero attached hydrogens (tertiary/aromatic N) is 4. The number of carbonyl (C=O) groups excluding carboxylic acids is 2. The van der Waals surface area contributed by atoms with Crippen LogP contribution in [0.3, 0.4) is 0 Å². The number of aromatic nitrogens is 3. The molecule has 2 amide bonds. The van der Waals surface area contributed by atoms with E-state index in [2.05, 4.69) is 10.3 Å². The number of carbonyl (C=O) groups is 2. The Hall–Kier alpha value is -3.53. The normalized spacial score (nSPS) is 11.0. The zero-order chi connectivity index (χ0) is 24.4. The van der Waals surface area contributed by atoms with Crippen LogP contribution in [0.25, 0.3) is 11.0 Å². The van der Waals surface area contributed by atoms with Crippen LogP contribution in [0.1, 0.15) is 29.9 Å². The first kappa shape index (κ1) is 24.1. The van der Waals surface area contributed by atoms with Gasteiger partial charge in [-0.25, -0.2) is 14.2 Å². The molecule has 0 saturated heterocycles. The molecule has 2 aromatic heterocycles. The molecule has 0 spiro atoms. The number of hydrogen-bond donors (Lipinski definition) is 1. The van der Waals surface area contributed by atoms with Gasteiger partial charge in [-0.15, -0.1) is 0 Å². The smallest absolute Gasteiger partial charge is 0.332 e. The summed E-state index contributed by atoms with van der Waals surface area (Å²) in [4.78, 5) is 57.7. The Morgan fingerprint density at radius 1 is 1.18 bits per heavy atom. The van der Waals surface area contributed by atoms with Crippen molar-refractivity contribution in [2.24, 2.45) is 7.05 Å². The zero-order valence-electron chi connectivity index (χ0n) is 18.6. The summed E-state index contributed by atoms with van der Waals surface area (Å²) in [5.41, 5.74) is -0.728. The first-order chi connectivity index (χ1) is 15.6. The maximum Gasteiger partial charge on any atom is 0.332 e. The lowest BCUT2D eigenvalue weighted by molar-refractivity contribution is -0.116. The predicted molar refractivity (Wildman–Crippen MR) is 123 cm³/mol. The summed E-state index contributed by atoms with van der Waals surface area (Å²) in [5.74, 6) is -1.72. The van der Waals surface area contributed by atoms with Gasteiger partial charge in [0, 0.05) is 31.5 Å². The lowest BCUT2D eigenvalue weighted by atomic mass is 10.1. The van der Waals surface area contributed by atoms with Crippen LogP contribution in [0, 0.1) is 12.7 Å². The average molecular weight is 476 g/mol. The van der Waals surface area contributed by atoms with Gasteiger partial charge in [-0.05, 0) is 45.0 Å². The zero-order valence-corrected chi connectivity index (χ0v) is 19.4. The second-order valence-corrected chi connectivity index (χ2v) is 7.80. The summed E-state index contributed by atoms with van der Waals surface area (Å²) >= 11 is 5.73. The Labute approximate surface area is 193 Å². The largest absolute Gasteiger partial charge is 0.339 e. The summed E-state index contributed by atoms with van der Waals surface area (Å²) in [7, 11) is 1.41. The highest BCUT2D eigenvalue weighted by Crippen LogP contribution is 2.19. The molecule has 9 nitrogen and oxygen atoms in total. The summed E-state index contributed by atoms with van der Waals surface area (Å²) in [6.45, 7) is 5.54. The Morgan fingerprint density at radius 3 is 2.45 bits per heavy atom. The number of halogens is 2. The lowest BCUT2D eigenvalue weighted by Gasteiger charge is -2.20. The quantitative estimate of drug-likeness (QED) is 0.589. The molecule has 0 unspecified atom stereocenters. The van der Waals surface area contributed by atoms with Gasteiger partial charge in [-0.3, -0.25) is 23.5 Å². The molecule has 0 saturated carbocycles. The molecular formula is C22H23ClFN5O4.